The number of hydrogen-bond acceptors (Lipinski definition) is 4. The molecule has 0 aromatic rings. The lowest BCUT2D eigenvalue weighted by molar-refractivity contribution is -0.185. The molecule has 2 aliphatic rings. The van der Waals surface area contributed by atoms with Crippen molar-refractivity contribution < 1.29 is 14.6 Å². The van der Waals surface area contributed by atoms with Crippen LogP contribution >= 0.6 is 11.8 Å². The lowest BCUT2D eigenvalue weighted by Crippen LogP contribution is -2.58. The number of carbonyl (C=O) groups excluding carboxylic acids is 1. The van der Waals surface area contributed by atoms with E-state index in [1.165, 1.54) is 0 Å². The van der Waals surface area contributed by atoms with Crippen LogP contribution in [0.3, 0.4) is 0 Å². The minimum Gasteiger partial charge on any atom is -0.465 e. The van der Waals surface area contributed by atoms with Crippen molar-refractivity contribution in [1.29, 1.82) is 0 Å². The molecule has 0 radical (unpaired) electrons. The second kappa shape index (κ2) is 3.98. The van der Waals surface area contributed by atoms with Gasteiger partial charge in [-0.05, 0) is 31.9 Å². The predicted octanol–water partition coefficient (Wildman–Crippen LogP) is 1.59. The Morgan fingerprint density at radius 2 is 2.20 bits per heavy atom. The average molecular weight is 230 g/mol. The summed E-state index contributed by atoms with van der Waals surface area (Å²) in [6.07, 6.45) is 3.36. The monoisotopic (exact) mass is 230 g/mol. The molecule has 0 spiro atoms. The normalized spacial score (nSPS) is 33.5. The summed E-state index contributed by atoms with van der Waals surface area (Å²) in [6, 6.07) is 0. The Hall–Kier alpha value is -0.220. The van der Waals surface area contributed by atoms with Gasteiger partial charge in [0.2, 0.25) is 0 Å². The molecule has 2 fully saturated rings. The van der Waals surface area contributed by atoms with Gasteiger partial charge in [-0.1, -0.05) is 6.42 Å². The van der Waals surface area contributed by atoms with Gasteiger partial charge >= 0.3 is 5.97 Å². The molecule has 0 amide bonds. The van der Waals surface area contributed by atoms with E-state index in [0.29, 0.717) is 12.4 Å². The predicted molar refractivity (Wildman–Crippen MR) is 59.8 cm³/mol. The number of thioether (sulfide) groups is 1. The quantitative estimate of drug-likeness (QED) is 0.748. The average Bonchev–Trinajstić information content (AvgIpc) is 2.51. The standard InChI is InChI=1S/C11H18O3S/c1-2-14-9(12)10(4-3-5-10)11(13)6-7-15-8-11/h13H,2-8H2,1H3. The fourth-order valence-corrected chi connectivity index (χ4v) is 3.98. The smallest absolute Gasteiger partial charge is 0.315 e. The first kappa shape index (κ1) is 11.3. The minimum absolute atomic E-state index is 0.179. The lowest BCUT2D eigenvalue weighted by atomic mass is 9.58. The number of rotatable bonds is 3. The number of esters is 1. The zero-order chi connectivity index (χ0) is 10.9. The van der Waals surface area contributed by atoms with Crippen LogP contribution in [0.15, 0.2) is 0 Å². The van der Waals surface area contributed by atoms with E-state index in [0.717, 1.165) is 31.4 Å². The van der Waals surface area contributed by atoms with Gasteiger partial charge in [-0.15, -0.1) is 0 Å². The maximum atomic E-state index is 11.9. The minimum atomic E-state index is -0.803. The van der Waals surface area contributed by atoms with Gasteiger partial charge < -0.3 is 9.84 Å². The third-order valence-electron chi connectivity index (χ3n) is 3.76. The molecule has 86 valence electrons. The van der Waals surface area contributed by atoms with E-state index in [4.69, 9.17) is 4.74 Å². The molecule has 1 N–H and O–H groups in total. The van der Waals surface area contributed by atoms with Crippen molar-refractivity contribution in [2.24, 2.45) is 5.41 Å². The molecule has 0 bridgehead atoms. The summed E-state index contributed by atoms with van der Waals surface area (Å²) in [7, 11) is 0. The first-order valence-electron chi connectivity index (χ1n) is 5.62. The first-order chi connectivity index (χ1) is 7.15. The zero-order valence-corrected chi connectivity index (χ0v) is 9.94. The van der Waals surface area contributed by atoms with Crippen molar-refractivity contribution in [2.75, 3.05) is 18.1 Å². The van der Waals surface area contributed by atoms with Crippen molar-refractivity contribution in [3.8, 4) is 0 Å². The Morgan fingerprint density at radius 1 is 1.47 bits per heavy atom. The molecular weight excluding hydrogens is 212 g/mol. The van der Waals surface area contributed by atoms with Crippen molar-refractivity contribution in [3.63, 3.8) is 0 Å². The van der Waals surface area contributed by atoms with E-state index >= 15 is 0 Å². The summed E-state index contributed by atoms with van der Waals surface area (Å²) < 4.78 is 5.12. The highest BCUT2D eigenvalue weighted by Gasteiger charge is 2.60. The molecular formula is C11H18O3S. The molecule has 1 aliphatic heterocycles. The van der Waals surface area contributed by atoms with Crippen LogP contribution in [0.4, 0.5) is 0 Å². The third kappa shape index (κ3) is 1.58. The van der Waals surface area contributed by atoms with Crippen molar-refractivity contribution in [3.05, 3.63) is 0 Å². The highest BCUT2D eigenvalue weighted by molar-refractivity contribution is 7.99. The molecule has 1 heterocycles. The molecule has 15 heavy (non-hydrogen) atoms. The molecule has 3 nitrogen and oxygen atoms in total. The van der Waals surface area contributed by atoms with Crippen LogP contribution in [0.1, 0.15) is 32.6 Å². The summed E-state index contributed by atoms with van der Waals surface area (Å²) in [5.74, 6) is 1.46. The van der Waals surface area contributed by atoms with Crippen LogP contribution in [-0.2, 0) is 9.53 Å². The number of ether oxygens (including phenoxy) is 1. The number of aliphatic hydroxyl groups is 1. The van der Waals surface area contributed by atoms with E-state index in [2.05, 4.69) is 0 Å². The van der Waals surface area contributed by atoms with Gasteiger partial charge in [-0.3, -0.25) is 4.79 Å². The molecule has 0 aromatic carbocycles. The Morgan fingerprint density at radius 3 is 2.60 bits per heavy atom. The van der Waals surface area contributed by atoms with E-state index in [-0.39, 0.29) is 5.97 Å². The SMILES string of the molecule is CCOC(=O)C1(C2(O)CCSC2)CCC1. The van der Waals surface area contributed by atoms with Crippen LogP contribution in [0.5, 0.6) is 0 Å². The molecule has 1 atom stereocenters. The zero-order valence-electron chi connectivity index (χ0n) is 9.12. The van der Waals surface area contributed by atoms with Crippen LogP contribution in [-0.4, -0.2) is 34.8 Å². The number of hydrogen-bond donors (Lipinski definition) is 1. The fraction of sp³-hybridized carbons (Fsp3) is 0.909. The highest BCUT2D eigenvalue weighted by Crippen LogP contribution is 2.55. The van der Waals surface area contributed by atoms with Gasteiger partial charge in [-0.25, -0.2) is 0 Å². The maximum Gasteiger partial charge on any atom is 0.315 e. The largest absolute Gasteiger partial charge is 0.465 e. The Balaban J connectivity index is 2.17. The van der Waals surface area contributed by atoms with Crippen molar-refractivity contribution in [2.45, 2.75) is 38.2 Å². The van der Waals surface area contributed by atoms with Gasteiger partial charge in [0, 0.05) is 5.75 Å². The van der Waals surface area contributed by atoms with Crippen LogP contribution in [0.2, 0.25) is 0 Å². The molecule has 1 saturated heterocycles. The highest BCUT2D eigenvalue weighted by atomic mass is 32.2. The molecule has 1 aliphatic carbocycles. The molecule has 0 aromatic heterocycles. The lowest BCUT2D eigenvalue weighted by Gasteiger charge is -2.48. The van der Waals surface area contributed by atoms with E-state index in [1.54, 1.807) is 11.8 Å². The van der Waals surface area contributed by atoms with Crippen molar-refractivity contribution in [1.82, 2.24) is 0 Å². The Labute approximate surface area is 94.6 Å². The molecule has 2 rings (SSSR count). The fourth-order valence-electron chi connectivity index (χ4n) is 2.59. The Kier molecular flexibility index (Phi) is 2.99. The summed E-state index contributed by atoms with van der Waals surface area (Å²) in [4.78, 5) is 11.9. The topological polar surface area (TPSA) is 46.5 Å². The molecule has 1 saturated carbocycles. The van der Waals surface area contributed by atoms with Crippen molar-refractivity contribution >= 4 is 17.7 Å². The summed E-state index contributed by atoms with van der Waals surface area (Å²) in [5, 5.41) is 10.5. The summed E-state index contributed by atoms with van der Waals surface area (Å²) >= 11 is 1.73. The number of carbonyl (C=O) groups is 1. The van der Waals surface area contributed by atoms with E-state index in [1.807, 2.05) is 6.92 Å². The second-order valence-electron chi connectivity index (χ2n) is 4.49. The van der Waals surface area contributed by atoms with Crippen LogP contribution in [0, 0.1) is 5.41 Å². The first-order valence-corrected chi connectivity index (χ1v) is 6.77. The summed E-state index contributed by atoms with van der Waals surface area (Å²) in [5.41, 5.74) is -1.38. The van der Waals surface area contributed by atoms with Crippen LogP contribution in [0.25, 0.3) is 0 Å². The second-order valence-corrected chi connectivity index (χ2v) is 5.60. The van der Waals surface area contributed by atoms with Gasteiger partial charge in [0.1, 0.15) is 0 Å². The van der Waals surface area contributed by atoms with Crippen LogP contribution < -0.4 is 0 Å². The van der Waals surface area contributed by atoms with Gasteiger partial charge in [-0.2, -0.15) is 11.8 Å². The molecule has 1 unspecified atom stereocenters. The van der Waals surface area contributed by atoms with E-state index < -0.39 is 11.0 Å². The van der Waals surface area contributed by atoms with Gasteiger partial charge in [0.05, 0.1) is 17.6 Å². The maximum absolute atomic E-state index is 11.9. The third-order valence-corrected chi connectivity index (χ3v) is 4.94. The summed E-state index contributed by atoms with van der Waals surface area (Å²) in [6.45, 7) is 2.22. The van der Waals surface area contributed by atoms with E-state index in [9.17, 15) is 9.90 Å². The van der Waals surface area contributed by atoms with Gasteiger partial charge in [0.25, 0.3) is 0 Å². The molecule has 4 heteroatoms. The Bertz CT molecular complexity index is 255. The van der Waals surface area contributed by atoms with Gasteiger partial charge in [0.15, 0.2) is 0 Å².